The second-order valence-electron chi connectivity index (χ2n) is 5.77. The lowest BCUT2D eigenvalue weighted by Crippen LogP contribution is -2.40. The summed E-state index contributed by atoms with van der Waals surface area (Å²) in [6.45, 7) is 1.89. The number of nitrogens with zero attached hydrogens (tertiary/aromatic N) is 1. The number of hydrogen-bond donors (Lipinski definition) is 1. The van der Waals surface area contributed by atoms with Gasteiger partial charge in [0.15, 0.2) is 4.90 Å². The van der Waals surface area contributed by atoms with Crippen LogP contribution in [0.5, 0.6) is 17.2 Å². The molecule has 0 saturated carbocycles. The molecule has 0 radical (unpaired) electrons. The fraction of sp³-hybridized carbons (Fsp3) is 0.625. The van der Waals surface area contributed by atoms with E-state index in [4.69, 9.17) is 14.2 Å². The first-order valence-corrected chi connectivity index (χ1v) is 9.36. The Labute approximate surface area is 143 Å². The average Bonchev–Trinajstić information content (AvgIpc) is 2.61. The maximum atomic E-state index is 13.1. The Morgan fingerprint density at radius 1 is 1.08 bits per heavy atom. The van der Waals surface area contributed by atoms with Gasteiger partial charge < -0.3 is 19.5 Å². The molecule has 0 aromatic heterocycles. The summed E-state index contributed by atoms with van der Waals surface area (Å²) in [5, 5.41) is 3.15. The summed E-state index contributed by atoms with van der Waals surface area (Å²) >= 11 is 0. The van der Waals surface area contributed by atoms with E-state index in [9.17, 15) is 8.42 Å². The summed E-state index contributed by atoms with van der Waals surface area (Å²) in [7, 11) is 2.59. The summed E-state index contributed by atoms with van der Waals surface area (Å²) in [5.41, 5.74) is 0. The Morgan fingerprint density at radius 2 is 1.62 bits per heavy atom. The topological polar surface area (TPSA) is 77.1 Å². The molecule has 1 aromatic carbocycles. The number of ether oxygens (including phenoxy) is 3. The van der Waals surface area contributed by atoms with Gasteiger partial charge in [0.2, 0.25) is 10.0 Å². The molecule has 1 saturated heterocycles. The maximum Gasteiger partial charge on any atom is 0.250 e. The second-order valence-corrected chi connectivity index (χ2v) is 7.64. The molecule has 0 aliphatic carbocycles. The van der Waals surface area contributed by atoms with Crippen molar-refractivity contribution in [1.29, 1.82) is 0 Å². The number of benzene rings is 1. The highest BCUT2D eigenvalue weighted by Crippen LogP contribution is 2.40. The molecule has 1 fully saturated rings. The molecule has 1 aliphatic heterocycles. The van der Waals surface area contributed by atoms with Crippen molar-refractivity contribution in [2.24, 2.45) is 5.92 Å². The highest BCUT2D eigenvalue weighted by molar-refractivity contribution is 7.89. The molecule has 1 N–H and O–H groups in total. The van der Waals surface area contributed by atoms with Crippen molar-refractivity contribution in [2.75, 3.05) is 48.0 Å². The molecule has 2 rings (SSSR count). The van der Waals surface area contributed by atoms with Crippen LogP contribution in [0.1, 0.15) is 12.8 Å². The van der Waals surface area contributed by atoms with Gasteiger partial charge in [-0.05, 0) is 32.4 Å². The quantitative estimate of drug-likeness (QED) is 0.792. The molecule has 0 spiro atoms. The Hall–Kier alpha value is -1.51. The van der Waals surface area contributed by atoms with E-state index in [-0.39, 0.29) is 16.4 Å². The van der Waals surface area contributed by atoms with E-state index >= 15 is 0 Å². The summed E-state index contributed by atoms with van der Waals surface area (Å²) in [4.78, 5) is 0.0559. The van der Waals surface area contributed by atoms with Crippen molar-refractivity contribution >= 4 is 10.0 Å². The van der Waals surface area contributed by atoms with Crippen LogP contribution in [0.3, 0.4) is 0 Å². The molecular weight excluding hydrogens is 332 g/mol. The summed E-state index contributed by atoms with van der Waals surface area (Å²) < 4.78 is 43.5. The van der Waals surface area contributed by atoms with E-state index in [0.717, 1.165) is 19.4 Å². The van der Waals surface area contributed by atoms with Crippen LogP contribution < -0.4 is 19.5 Å². The van der Waals surface area contributed by atoms with Crippen LogP contribution in [0, 0.1) is 5.92 Å². The summed E-state index contributed by atoms with van der Waals surface area (Å²) in [6.07, 6.45) is 1.67. The Kier molecular flexibility index (Phi) is 6.31. The van der Waals surface area contributed by atoms with Gasteiger partial charge in [-0.25, -0.2) is 8.42 Å². The highest BCUT2D eigenvalue weighted by atomic mass is 32.2. The fourth-order valence-electron chi connectivity index (χ4n) is 3.00. The minimum absolute atomic E-state index is 0.0559. The smallest absolute Gasteiger partial charge is 0.250 e. The van der Waals surface area contributed by atoms with Gasteiger partial charge in [0, 0.05) is 25.2 Å². The predicted molar refractivity (Wildman–Crippen MR) is 91.5 cm³/mol. The van der Waals surface area contributed by atoms with Crippen LogP contribution in [-0.2, 0) is 10.0 Å². The van der Waals surface area contributed by atoms with Gasteiger partial charge in [0.05, 0.1) is 21.3 Å². The Balaban J connectivity index is 2.36. The molecule has 0 amide bonds. The van der Waals surface area contributed by atoms with Crippen molar-refractivity contribution in [1.82, 2.24) is 9.62 Å². The van der Waals surface area contributed by atoms with Crippen LogP contribution in [0.25, 0.3) is 0 Å². The van der Waals surface area contributed by atoms with Crippen LogP contribution >= 0.6 is 0 Å². The third-order valence-electron chi connectivity index (χ3n) is 4.33. The zero-order valence-corrected chi connectivity index (χ0v) is 15.5. The van der Waals surface area contributed by atoms with Crippen molar-refractivity contribution < 1.29 is 22.6 Å². The zero-order chi connectivity index (χ0) is 17.7. The molecule has 136 valence electrons. The first kappa shape index (κ1) is 18.8. The predicted octanol–water partition coefficient (Wildman–Crippen LogP) is 1.33. The maximum absolute atomic E-state index is 13.1. The molecule has 7 nitrogen and oxygen atoms in total. The number of methoxy groups -OCH3 is 3. The van der Waals surface area contributed by atoms with Gasteiger partial charge in [-0.1, -0.05) is 0 Å². The normalized spacial score (nSPS) is 16.8. The van der Waals surface area contributed by atoms with E-state index in [1.54, 1.807) is 12.1 Å². The van der Waals surface area contributed by atoms with E-state index in [0.29, 0.717) is 24.8 Å². The van der Waals surface area contributed by atoms with Crippen LogP contribution in [0.2, 0.25) is 0 Å². The summed E-state index contributed by atoms with van der Waals surface area (Å²) in [5.74, 6) is 1.43. The van der Waals surface area contributed by atoms with Crippen molar-refractivity contribution in [3.63, 3.8) is 0 Å². The molecule has 1 aromatic rings. The van der Waals surface area contributed by atoms with Crippen LogP contribution in [-0.4, -0.2) is 60.7 Å². The number of sulfonamides is 1. The van der Waals surface area contributed by atoms with Crippen molar-refractivity contribution in [3.8, 4) is 17.2 Å². The SMILES string of the molecule is CNCC1CCN(S(=O)(=O)c2c(OC)cc(OC)cc2OC)CC1. The fourth-order valence-corrected chi connectivity index (χ4v) is 4.74. The largest absolute Gasteiger partial charge is 0.496 e. The van der Waals surface area contributed by atoms with E-state index in [1.165, 1.54) is 25.6 Å². The van der Waals surface area contributed by atoms with Crippen LogP contribution in [0.15, 0.2) is 17.0 Å². The lowest BCUT2D eigenvalue weighted by Gasteiger charge is -2.31. The first-order chi connectivity index (χ1) is 11.5. The molecule has 1 heterocycles. The summed E-state index contributed by atoms with van der Waals surface area (Å²) in [6, 6.07) is 3.12. The second kappa shape index (κ2) is 8.04. The first-order valence-electron chi connectivity index (χ1n) is 7.92. The van der Waals surface area contributed by atoms with Gasteiger partial charge in [0.1, 0.15) is 17.2 Å². The average molecular weight is 358 g/mol. The molecular formula is C16H26N2O5S. The number of hydrogen-bond acceptors (Lipinski definition) is 6. The minimum atomic E-state index is -3.70. The van der Waals surface area contributed by atoms with Gasteiger partial charge in [0.25, 0.3) is 0 Å². The van der Waals surface area contributed by atoms with Crippen LogP contribution in [0.4, 0.5) is 0 Å². The molecule has 0 atom stereocenters. The van der Waals surface area contributed by atoms with Crippen molar-refractivity contribution in [3.05, 3.63) is 12.1 Å². The Morgan fingerprint density at radius 3 is 2.04 bits per heavy atom. The monoisotopic (exact) mass is 358 g/mol. The lowest BCUT2D eigenvalue weighted by atomic mass is 9.98. The zero-order valence-electron chi connectivity index (χ0n) is 14.7. The van der Waals surface area contributed by atoms with E-state index in [1.807, 2.05) is 7.05 Å². The third-order valence-corrected chi connectivity index (χ3v) is 6.30. The molecule has 0 bridgehead atoms. The van der Waals surface area contributed by atoms with E-state index < -0.39 is 10.0 Å². The number of rotatable bonds is 7. The van der Waals surface area contributed by atoms with Crippen molar-refractivity contribution in [2.45, 2.75) is 17.7 Å². The van der Waals surface area contributed by atoms with Gasteiger partial charge in [-0.2, -0.15) is 4.31 Å². The molecule has 0 unspecified atom stereocenters. The Bertz CT molecular complexity index is 629. The standard InChI is InChI=1S/C16H26N2O5S/c1-17-11-12-5-7-18(8-6-12)24(19,20)16-14(22-3)9-13(21-2)10-15(16)23-4/h9-10,12,17H,5-8,11H2,1-4H3. The molecule has 8 heteroatoms. The van der Waals surface area contributed by atoms with Gasteiger partial charge in [-0.15, -0.1) is 0 Å². The van der Waals surface area contributed by atoms with Gasteiger partial charge >= 0.3 is 0 Å². The van der Waals surface area contributed by atoms with Gasteiger partial charge in [-0.3, -0.25) is 0 Å². The van der Waals surface area contributed by atoms with E-state index in [2.05, 4.69) is 5.32 Å². The lowest BCUT2D eigenvalue weighted by molar-refractivity contribution is 0.268. The highest BCUT2D eigenvalue weighted by Gasteiger charge is 2.34. The minimum Gasteiger partial charge on any atom is -0.496 e. The number of piperidine rings is 1. The number of nitrogens with one attached hydrogen (secondary N) is 1. The molecule has 1 aliphatic rings. The molecule has 24 heavy (non-hydrogen) atoms. The third kappa shape index (κ3) is 3.76.